The van der Waals surface area contributed by atoms with Crippen molar-refractivity contribution in [2.45, 2.75) is 0 Å². The van der Waals surface area contributed by atoms with Crippen LogP contribution < -0.4 is 0 Å². The number of benzene rings is 2. The van der Waals surface area contributed by atoms with Crippen molar-refractivity contribution in [2.75, 3.05) is 0 Å². The van der Waals surface area contributed by atoms with Crippen molar-refractivity contribution in [2.24, 2.45) is 0 Å². The standard InChI is InChI=1S/C16H10FN3/c17-12-8-7-11(15-10(12)4-3-9-18-15)16-19-13-5-1-2-6-14(13)20-16/h1-9H,(H,19,20). The largest absolute Gasteiger partial charge is 0.338 e. The van der Waals surface area contributed by atoms with Gasteiger partial charge >= 0.3 is 0 Å². The number of nitrogens with one attached hydrogen (secondary N) is 1. The number of para-hydroxylation sites is 2. The van der Waals surface area contributed by atoms with Crippen LogP contribution in [0.1, 0.15) is 0 Å². The highest BCUT2D eigenvalue weighted by atomic mass is 19.1. The van der Waals surface area contributed by atoms with Gasteiger partial charge in [-0.15, -0.1) is 0 Å². The second-order valence-corrected chi connectivity index (χ2v) is 4.60. The fourth-order valence-electron chi connectivity index (χ4n) is 2.41. The molecule has 2 aromatic carbocycles. The lowest BCUT2D eigenvalue weighted by Gasteiger charge is -2.03. The number of aromatic nitrogens is 3. The quantitative estimate of drug-likeness (QED) is 0.565. The summed E-state index contributed by atoms with van der Waals surface area (Å²) in [5.41, 5.74) is 3.26. The van der Waals surface area contributed by atoms with Crippen molar-refractivity contribution in [3.05, 3.63) is 60.5 Å². The number of hydrogen-bond acceptors (Lipinski definition) is 2. The third-order valence-electron chi connectivity index (χ3n) is 3.36. The third-order valence-corrected chi connectivity index (χ3v) is 3.36. The van der Waals surface area contributed by atoms with Crippen LogP contribution in [-0.4, -0.2) is 15.0 Å². The number of halogens is 1. The molecule has 4 heteroatoms. The number of fused-ring (bicyclic) bond motifs is 2. The minimum absolute atomic E-state index is 0.270. The van der Waals surface area contributed by atoms with Crippen molar-refractivity contribution >= 4 is 21.9 Å². The molecular weight excluding hydrogens is 253 g/mol. The first-order chi connectivity index (χ1) is 9.83. The average Bonchev–Trinajstić information content (AvgIpc) is 2.91. The smallest absolute Gasteiger partial charge is 0.140 e. The molecular formula is C16H10FN3. The van der Waals surface area contributed by atoms with E-state index in [-0.39, 0.29) is 5.82 Å². The number of pyridine rings is 1. The Labute approximate surface area is 114 Å². The zero-order valence-corrected chi connectivity index (χ0v) is 10.5. The molecule has 1 N–H and O–H groups in total. The maximum absolute atomic E-state index is 13.8. The van der Waals surface area contributed by atoms with Gasteiger partial charge in [0.2, 0.25) is 0 Å². The number of nitrogens with zero attached hydrogens (tertiary/aromatic N) is 2. The van der Waals surface area contributed by atoms with Crippen LogP contribution in [0.3, 0.4) is 0 Å². The van der Waals surface area contributed by atoms with E-state index in [4.69, 9.17) is 0 Å². The summed E-state index contributed by atoms with van der Waals surface area (Å²) in [4.78, 5) is 12.1. The zero-order chi connectivity index (χ0) is 13.5. The Morgan fingerprint density at radius 2 is 1.85 bits per heavy atom. The molecule has 2 aromatic heterocycles. The van der Waals surface area contributed by atoms with Crippen LogP contribution in [0.15, 0.2) is 54.7 Å². The Morgan fingerprint density at radius 3 is 2.75 bits per heavy atom. The summed E-state index contributed by atoms with van der Waals surface area (Å²) in [6, 6.07) is 14.4. The zero-order valence-electron chi connectivity index (χ0n) is 10.5. The van der Waals surface area contributed by atoms with Gasteiger partial charge in [0.15, 0.2) is 0 Å². The number of aromatic amines is 1. The molecule has 0 atom stereocenters. The van der Waals surface area contributed by atoms with Crippen molar-refractivity contribution < 1.29 is 4.39 Å². The van der Waals surface area contributed by atoms with Crippen LogP contribution in [0.25, 0.3) is 33.3 Å². The van der Waals surface area contributed by atoms with Gasteiger partial charge in [-0.2, -0.15) is 0 Å². The third kappa shape index (κ3) is 1.58. The van der Waals surface area contributed by atoms with Crippen LogP contribution in [0.5, 0.6) is 0 Å². The van der Waals surface area contributed by atoms with Crippen molar-refractivity contribution in [3.63, 3.8) is 0 Å². The maximum Gasteiger partial charge on any atom is 0.140 e. The monoisotopic (exact) mass is 263 g/mol. The van der Waals surface area contributed by atoms with Crippen LogP contribution in [0, 0.1) is 5.82 Å². The molecule has 0 saturated carbocycles. The molecule has 3 nitrogen and oxygen atoms in total. The summed E-state index contributed by atoms with van der Waals surface area (Å²) in [7, 11) is 0. The van der Waals surface area contributed by atoms with E-state index in [0.29, 0.717) is 16.7 Å². The highest BCUT2D eigenvalue weighted by Crippen LogP contribution is 2.28. The molecule has 20 heavy (non-hydrogen) atoms. The summed E-state index contributed by atoms with van der Waals surface area (Å²) in [6.45, 7) is 0. The Balaban J connectivity index is 2.04. The Hall–Kier alpha value is -2.75. The summed E-state index contributed by atoms with van der Waals surface area (Å²) >= 11 is 0. The van der Waals surface area contributed by atoms with Gasteiger partial charge in [0.05, 0.1) is 16.6 Å². The molecule has 2 heterocycles. The van der Waals surface area contributed by atoms with E-state index in [1.54, 1.807) is 24.4 Å². The first-order valence-corrected chi connectivity index (χ1v) is 6.31. The van der Waals surface area contributed by atoms with Gasteiger partial charge in [0, 0.05) is 17.1 Å². The first-order valence-electron chi connectivity index (χ1n) is 6.31. The van der Waals surface area contributed by atoms with E-state index in [0.717, 1.165) is 16.6 Å². The SMILES string of the molecule is Fc1ccc(-c2nc3ccccc3[nH]2)c2ncccc12. The van der Waals surface area contributed by atoms with Crippen LogP contribution >= 0.6 is 0 Å². The molecule has 4 rings (SSSR count). The lowest BCUT2D eigenvalue weighted by Crippen LogP contribution is -1.89. The van der Waals surface area contributed by atoms with E-state index in [1.165, 1.54) is 6.07 Å². The number of H-pyrrole nitrogens is 1. The van der Waals surface area contributed by atoms with Gasteiger partial charge in [0.25, 0.3) is 0 Å². The summed E-state index contributed by atoms with van der Waals surface area (Å²) < 4.78 is 13.8. The minimum atomic E-state index is -0.270. The molecule has 0 saturated heterocycles. The Kier molecular flexibility index (Phi) is 2.29. The number of rotatable bonds is 1. The van der Waals surface area contributed by atoms with E-state index >= 15 is 0 Å². The molecule has 0 aliphatic carbocycles. The number of imidazole rings is 1. The predicted octanol–water partition coefficient (Wildman–Crippen LogP) is 3.92. The van der Waals surface area contributed by atoms with Crippen LogP contribution in [-0.2, 0) is 0 Å². The molecule has 0 aliphatic heterocycles. The second kappa shape index (κ2) is 4.13. The second-order valence-electron chi connectivity index (χ2n) is 4.60. The lowest BCUT2D eigenvalue weighted by molar-refractivity contribution is 0.639. The molecule has 0 spiro atoms. The van der Waals surface area contributed by atoms with Gasteiger partial charge < -0.3 is 4.98 Å². The highest BCUT2D eigenvalue weighted by molar-refractivity contribution is 5.93. The predicted molar refractivity (Wildman–Crippen MR) is 76.8 cm³/mol. The Morgan fingerprint density at radius 1 is 0.950 bits per heavy atom. The van der Waals surface area contributed by atoms with E-state index in [9.17, 15) is 4.39 Å². The minimum Gasteiger partial charge on any atom is -0.338 e. The normalized spacial score (nSPS) is 11.2. The molecule has 0 radical (unpaired) electrons. The Bertz CT molecular complexity index is 894. The van der Waals surface area contributed by atoms with Gasteiger partial charge in [-0.1, -0.05) is 12.1 Å². The van der Waals surface area contributed by atoms with Crippen molar-refractivity contribution in [1.82, 2.24) is 15.0 Å². The van der Waals surface area contributed by atoms with E-state index < -0.39 is 0 Å². The molecule has 0 amide bonds. The van der Waals surface area contributed by atoms with Crippen LogP contribution in [0.2, 0.25) is 0 Å². The topological polar surface area (TPSA) is 41.6 Å². The lowest BCUT2D eigenvalue weighted by atomic mass is 10.1. The summed E-state index contributed by atoms with van der Waals surface area (Å²) in [5, 5.41) is 0.505. The van der Waals surface area contributed by atoms with Crippen LogP contribution in [0.4, 0.5) is 4.39 Å². The summed E-state index contributed by atoms with van der Waals surface area (Å²) in [6.07, 6.45) is 1.66. The van der Waals surface area contributed by atoms with Gasteiger partial charge in [0.1, 0.15) is 11.6 Å². The first kappa shape index (κ1) is 11.1. The van der Waals surface area contributed by atoms with E-state index in [2.05, 4.69) is 15.0 Å². The average molecular weight is 263 g/mol. The fraction of sp³-hybridized carbons (Fsp3) is 0. The molecule has 4 aromatic rings. The summed E-state index contributed by atoms with van der Waals surface area (Å²) in [5.74, 6) is 0.433. The molecule has 0 unspecified atom stereocenters. The highest BCUT2D eigenvalue weighted by Gasteiger charge is 2.11. The molecule has 0 bridgehead atoms. The van der Waals surface area contributed by atoms with Gasteiger partial charge in [-0.25, -0.2) is 9.37 Å². The molecule has 0 fully saturated rings. The van der Waals surface area contributed by atoms with Gasteiger partial charge in [-0.05, 0) is 36.4 Å². The fourth-order valence-corrected chi connectivity index (χ4v) is 2.41. The number of hydrogen-bond donors (Lipinski definition) is 1. The van der Waals surface area contributed by atoms with Gasteiger partial charge in [-0.3, -0.25) is 4.98 Å². The molecule has 0 aliphatic rings. The van der Waals surface area contributed by atoms with E-state index in [1.807, 2.05) is 24.3 Å². The van der Waals surface area contributed by atoms with Crippen molar-refractivity contribution in [3.8, 4) is 11.4 Å². The van der Waals surface area contributed by atoms with Crippen molar-refractivity contribution in [1.29, 1.82) is 0 Å². The maximum atomic E-state index is 13.8. The molecule has 96 valence electrons.